The summed E-state index contributed by atoms with van der Waals surface area (Å²) in [5.74, 6) is 0.0388. The predicted octanol–water partition coefficient (Wildman–Crippen LogP) is 3.31. The van der Waals surface area contributed by atoms with Crippen LogP contribution in [-0.2, 0) is 11.2 Å². The monoisotopic (exact) mass is 301 g/mol. The van der Waals surface area contributed by atoms with Gasteiger partial charge in [-0.15, -0.1) is 11.3 Å². The Kier molecular flexibility index (Phi) is 4.50. The third kappa shape index (κ3) is 3.82. The Labute approximate surface area is 128 Å². The highest BCUT2D eigenvalue weighted by Crippen LogP contribution is 2.22. The lowest BCUT2D eigenvalue weighted by atomic mass is 10.2. The second-order valence-corrected chi connectivity index (χ2v) is 5.99. The first-order valence-corrected chi connectivity index (χ1v) is 8.27. The fourth-order valence-corrected chi connectivity index (χ4v) is 3.15. The number of aromatic nitrogens is 1. The van der Waals surface area contributed by atoms with Crippen molar-refractivity contribution >= 4 is 28.6 Å². The van der Waals surface area contributed by atoms with Gasteiger partial charge in [-0.3, -0.25) is 4.79 Å². The van der Waals surface area contributed by atoms with E-state index in [1.807, 2.05) is 17.5 Å². The van der Waals surface area contributed by atoms with Crippen LogP contribution in [0.25, 0.3) is 0 Å². The van der Waals surface area contributed by atoms with E-state index in [9.17, 15) is 4.79 Å². The summed E-state index contributed by atoms with van der Waals surface area (Å²) >= 11 is 1.56. The van der Waals surface area contributed by atoms with Crippen molar-refractivity contribution in [3.8, 4) is 0 Å². The van der Waals surface area contributed by atoms with E-state index in [-0.39, 0.29) is 5.91 Å². The standard InChI is InChI=1S/C16H19N3OS/c20-16(8-5-14-11-21-12-17-14)18-13-3-6-15(7-4-13)19-9-1-2-10-19/h3-4,6-7,11-12H,1-2,5,8-10H2,(H,18,20). The van der Waals surface area contributed by atoms with Gasteiger partial charge >= 0.3 is 0 Å². The molecule has 110 valence electrons. The van der Waals surface area contributed by atoms with E-state index in [1.165, 1.54) is 18.5 Å². The van der Waals surface area contributed by atoms with E-state index >= 15 is 0 Å². The average molecular weight is 301 g/mol. The van der Waals surface area contributed by atoms with Crippen molar-refractivity contribution in [3.63, 3.8) is 0 Å². The number of thiazole rings is 1. The molecule has 0 bridgehead atoms. The minimum atomic E-state index is 0.0388. The average Bonchev–Trinajstić information content (AvgIpc) is 3.19. The summed E-state index contributed by atoms with van der Waals surface area (Å²) in [6.45, 7) is 2.28. The number of benzene rings is 1. The molecule has 21 heavy (non-hydrogen) atoms. The summed E-state index contributed by atoms with van der Waals surface area (Å²) in [5.41, 5.74) is 4.89. The van der Waals surface area contributed by atoms with Gasteiger partial charge < -0.3 is 10.2 Å². The molecule has 1 aliphatic rings. The van der Waals surface area contributed by atoms with E-state index in [0.717, 1.165) is 24.5 Å². The van der Waals surface area contributed by atoms with Crippen LogP contribution in [0.2, 0.25) is 0 Å². The molecule has 2 heterocycles. The van der Waals surface area contributed by atoms with Gasteiger partial charge in [0.15, 0.2) is 0 Å². The molecule has 1 aromatic carbocycles. The molecule has 1 saturated heterocycles. The van der Waals surface area contributed by atoms with Crippen LogP contribution in [0.5, 0.6) is 0 Å². The number of rotatable bonds is 5. The topological polar surface area (TPSA) is 45.2 Å². The first-order valence-electron chi connectivity index (χ1n) is 7.33. The van der Waals surface area contributed by atoms with Crippen LogP contribution in [0.15, 0.2) is 35.2 Å². The molecule has 1 aliphatic heterocycles. The SMILES string of the molecule is O=C(CCc1cscn1)Nc1ccc(N2CCCC2)cc1. The highest BCUT2D eigenvalue weighted by molar-refractivity contribution is 7.07. The van der Waals surface area contributed by atoms with E-state index in [0.29, 0.717) is 12.8 Å². The normalized spacial score (nSPS) is 14.4. The summed E-state index contributed by atoms with van der Waals surface area (Å²) < 4.78 is 0. The van der Waals surface area contributed by atoms with Gasteiger partial charge in [0.25, 0.3) is 0 Å². The highest BCUT2D eigenvalue weighted by atomic mass is 32.1. The Balaban J connectivity index is 1.51. The van der Waals surface area contributed by atoms with Crippen LogP contribution in [0, 0.1) is 0 Å². The number of carbonyl (C=O) groups is 1. The van der Waals surface area contributed by atoms with Crippen molar-refractivity contribution in [3.05, 3.63) is 40.8 Å². The number of anilines is 2. The molecule has 0 radical (unpaired) electrons. The minimum absolute atomic E-state index is 0.0388. The Morgan fingerprint density at radius 2 is 2.00 bits per heavy atom. The fourth-order valence-electron chi connectivity index (χ4n) is 2.56. The number of nitrogens with one attached hydrogen (secondary N) is 1. The Bertz CT molecular complexity index is 574. The summed E-state index contributed by atoms with van der Waals surface area (Å²) in [5, 5.41) is 4.92. The number of carbonyl (C=O) groups excluding carboxylic acids is 1. The maximum atomic E-state index is 11.9. The number of hydrogen-bond donors (Lipinski definition) is 1. The molecule has 0 atom stereocenters. The Morgan fingerprint density at radius 3 is 2.67 bits per heavy atom. The van der Waals surface area contributed by atoms with Crippen molar-refractivity contribution in [1.29, 1.82) is 0 Å². The van der Waals surface area contributed by atoms with Gasteiger partial charge in [0.05, 0.1) is 11.2 Å². The number of hydrogen-bond acceptors (Lipinski definition) is 4. The maximum absolute atomic E-state index is 11.9. The van der Waals surface area contributed by atoms with Gasteiger partial charge in [-0.05, 0) is 43.5 Å². The first kappa shape index (κ1) is 14.1. The van der Waals surface area contributed by atoms with Gasteiger partial charge in [-0.1, -0.05) is 0 Å². The summed E-state index contributed by atoms with van der Waals surface area (Å²) in [7, 11) is 0. The fraction of sp³-hybridized carbons (Fsp3) is 0.375. The van der Waals surface area contributed by atoms with Crippen molar-refractivity contribution < 1.29 is 4.79 Å². The van der Waals surface area contributed by atoms with Gasteiger partial charge in [-0.25, -0.2) is 4.98 Å². The third-order valence-corrected chi connectivity index (χ3v) is 4.35. The van der Waals surface area contributed by atoms with Crippen LogP contribution in [0.1, 0.15) is 25.0 Å². The van der Waals surface area contributed by atoms with Crippen molar-refractivity contribution in [1.82, 2.24) is 4.98 Å². The zero-order valence-corrected chi connectivity index (χ0v) is 12.7. The quantitative estimate of drug-likeness (QED) is 0.921. The molecular formula is C16H19N3OS. The lowest BCUT2D eigenvalue weighted by molar-refractivity contribution is -0.116. The maximum Gasteiger partial charge on any atom is 0.224 e. The van der Waals surface area contributed by atoms with E-state index in [2.05, 4.69) is 27.3 Å². The molecule has 3 rings (SSSR count). The molecular weight excluding hydrogens is 282 g/mol. The molecule has 2 aromatic rings. The molecule has 0 aliphatic carbocycles. The number of amides is 1. The highest BCUT2D eigenvalue weighted by Gasteiger charge is 2.12. The molecule has 1 N–H and O–H groups in total. The van der Waals surface area contributed by atoms with Gasteiger partial charge in [0.1, 0.15) is 0 Å². The second-order valence-electron chi connectivity index (χ2n) is 5.27. The molecule has 4 nitrogen and oxygen atoms in total. The zero-order valence-electron chi connectivity index (χ0n) is 11.9. The van der Waals surface area contributed by atoms with Gasteiger partial charge in [-0.2, -0.15) is 0 Å². The first-order chi connectivity index (χ1) is 10.3. The van der Waals surface area contributed by atoms with E-state index < -0.39 is 0 Å². The lowest BCUT2D eigenvalue weighted by Crippen LogP contribution is -2.17. The lowest BCUT2D eigenvalue weighted by Gasteiger charge is -2.17. The second kappa shape index (κ2) is 6.72. The molecule has 0 spiro atoms. The van der Waals surface area contributed by atoms with Crippen LogP contribution < -0.4 is 10.2 Å². The van der Waals surface area contributed by atoms with Crippen LogP contribution in [0.4, 0.5) is 11.4 Å². The van der Waals surface area contributed by atoms with Gasteiger partial charge in [0.2, 0.25) is 5.91 Å². The Morgan fingerprint density at radius 1 is 1.24 bits per heavy atom. The zero-order chi connectivity index (χ0) is 14.5. The minimum Gasteiger partial charge on any atom is -0.372 e. The van der Waals surface area contributed by atoms with Crippen molar-refractivity contribution in [2.24, 2.45) is 0 Å². The Hall–Kier alpha value is -1.88. The summed E-state index contributed by atoms with van der Waals surface area (Å²) in [4.78, 5) is 18.5. The summed E-state index contributed by atoms with van der Waals surface area (Å²) in [6.07, 6.45) is 3.71. The smallest absolute Gasteiger partial charge is 0.224 e. The van der Waals surface area contributed by atoms with Crippen LogP contribution >= 0.6 is 11.3 Å². The number of nitrogens with zero attached hydrogens (tertiary/aromatic N) is 2. The number of aryl methyl sites for hydroxylation is 1. The van der Waals surface area contributed by atoms with Crippen molar-refractivity contribution in [2.75, 3.05) is 23.3 Å². The molecule has 1 aromatic heterocycles. The van der Waals surface area contributed by atoms with Crippen LogP contribution in [0.3, 0.4) is 0 Å². The summed E-state index contributed by atoms with van der Waals surface area (Å²) in [6, 6.07) is 8.13. The molecule has 0 saturated carbocycles. The predicted molar refractivity (Wildman–Crippen MR) is 87.0 cm³/mol. The largest absolute Gasteiger partial charge is 0.372 e. The molecule has 5 heteroatoms. The third-order valence-electron chi connectivity index (χ3n) is 3.71. The van der Waals surface area contributed by atoms with Gasteiger partial charge in [0, 0.05) is 36.3 Å². The van der Waals surface area contributed by atoms with Crippen molar-refractivity contribution in [2.45, 2.75) is 25.7 Å². The molecule has 0 unspecified atom stereocenters. The van der Waals surface area contributed by atoms with Crippen LogP contribution in [-0.4, -0.2) is 24.0 Å². The molecule has 1 amide bonds. The van der Waals surface area contributed by atoms with E-state index in [1.54, 1.807) is 16.8 Å². The molecule has 1 fully saturated rings. The van der Waals surface area contributed by atoms with E-state index in [4.69, 9.17) is 0 Å².